The molecule has 33 heavy (non-hydrogen) atoms. The summed E-state index contributed by atoms with van der Waals surface area (Å²) in [6.07, 6.45) is 0. The molecule has 0 atom stereocenters. The largest absolute Gasteiger partial charge is 0.462 e. The van der Waals surface area contributed by atoms with E-state index in [2.05, 4.69) is 0 Å². The zero-order valence-corrected chi connectivity index (χ0v) is 18.1. The highest BCUT2D eigenvalue weighted by molar-refractivity contribution is 6.05. The molecule has 172 valence electrons. The fourth-order valence-corrected chi connectivity index (χ4v) is 4.02. The molecule has 4 rings (SSSR count). The predicted octanol–water partition coefficient (Wildman–Crippen LogP) is 2.18. The van der Waals surface area contributed by atoms with Gasteiger partial charge in [0.1, 0.15) is 10.5 Å². The first kappa shape index (κ1) is 22.1. The molecule has 11 nitrogen and oxygen atoms in total. The average Bonchev–Trinajstić information content (AvgIpc) is 3.32. The van der Waals surface area contributed by atoms with E-state index in [-0.39, 0.29) is 31.0 Å². The Labute approximate surface area is 187 Å². The number of hydrogen-bond acceptors (Lipinski definition) is 8. The SMILES string of the molecule is CCOC(=O)c1c(N2CCN(C(=O)c3ccc([N+](=O)[O-])o3)CC2)c2ccccc2n(C)c1=O. The number of carbonyl (C=O) groups is 2. The number of aryl methyl sites for hydroxylation is 1. The first-order valence-electron chi connectivity index (χ1n) is 10.4. The van der Waals surface area contributed by atoms with Crippen molar-refractivity contribution in [2.75, 3.05) is 37.7 Å². The standard InChI is InChI=1S/C22H22N4O7/c1-3-32-22(29)18-19(14-6-4-5-7-15(14)23(2)21(18)28)24-10-12-25(13-11-24)20(27)16-8-9-17(33-16)26(30)31/h4-9H,3,10-13H2,1-2H3. The van der Waals surface area contributed by atoms with E-state index in [1.807, 2.05) is 23.1 Å². The second kappa shape index (κ2) is 8.77. The van der Waals surface area contributed by atoms with E-state index in [9.17, 15) is 24.5 Å². The number of pyridine rings is 1. The lowest BCUT2D eigenvalue weighted by Gasteiger charge is -2.37. The third kappa shape index (κ3) is 3.93. The molecule has 0 radical (unpaired) electrons. The van der Waals surface area contributed by atoms with Crippen LogP contribution in [0.1, 0.15) is 27.8 Å². The molecular weight excluding hydrogens is 432 g/mol. The van der Waals surface area contributed by atoms with Gasteiger partial charge < -0.3 is 23.5 Å². The maximum atomic E-state index is 13.1. The Morgan fingerprint density at radius 2 is 1.82 bits per heavy atom. The van der Waals surface area contributed by atoms with Gasteiger partial charge in [0.05, 0.1) is 23.9 Å². The summed E-state index contributed by atoms with van der Waals surface area (Å²) < 4.78 is 11.6. The van der Waals surface area contributed by atoms with Gasteiger partial charge in [-0.2, -0.15) is 0 Å². The summed E-state index contributed by atoms with van der Waals surface area (Å²) >= 11 is 0. The number of esters is 1. The van der Waals surface area contributed by atoms with Crippen molar-refractivity contribution in [1.82, 2.24) is 9.47 Å². The summed E-state index contributed by atoms with van der Waals surface area (Å²) in [6.45, 7) is 3.05. The summed E-state index contributed by atoms with van der Waals surface area (Å²) in [6, 6.07) is 9.70. The van der Waals surface area contributed by atoms with E-state index in [4.69, 9.17) is 9.15 Å². The molecule has 0 unspecified atom stereocenters. The van der Waals surface area contributed by atoms with Crippen molar-refractivity contribution in [3.63, 3.8) is 0 Å². The van der Waals surface area contributed by atoms with Crippen LogP contribution in [0.3, 0.4) is 0 Å². The summed E-state index contributed by atoms with van der Waals surface area (Å²) in [4.78, 5) is 52.1. The number of amides is 1. The number of fused-ring (bicyclic) bond motifs is 1. The minimum absolute atomic E-state index is 0.0421. The molecule has 1 aliphatic heterocycles. The average molecular weight is 454 g/mol. The van der Waals surface area contributed by atoms with E-state index in [0.717, 1.165) is 11.5 Å². The molecule has 1 amide bonds. The number of piperazine rings is 1. The van der Waals surface area contributed by atoms with Gasteiger partial charge >= 0.3 is 11.9 Å². The van der Waals surface area contributed by atoms with Crippen molar-refractivity contribution in [2.24, 2.45) is 7.05 Å². The van der Waals surface area contributed by atoms with E-state index in [1.165, 1.54) is 15.5 Å². The molecule has 1 fully saturated rings. The maximum Gasteiger partial charge on any atom is 0.433 e. The van der Waals surface area contributed by atoms with E-state index in [0.29, 0.717) is 24.3 Å². The van der Waals surface area contributed by atoms with Crippen LogP contribution in [0.25, 0.3) is 10.9 Å². The second-order valence-electron chi connectivity index (χ2n) is 7.50. The normalized spacial score (nSPS) is 13.9. The molecule has 0 saturated carbocycles. The molecule has 1 aromatic carbocycles. The molecule has 3 heterocycles. The van der Waals surface area contributed by atoms with Gasteiger partial charge in [-0.05, 0) is 19.1 Å². The highest BCUT2D eigenvalue weighted by Gasteiger charge is 2.31. The summed E-state index contributed by atoms with van der Waals surface area (Å²) in [7, 11) is 1.61. The van der Waals surface area contributed by atoms with Gasteiger partial charge in [-0.1, -0.05) is 18.2 Å². The number of para-hydroxylation sites is 1. The number of nitro groups is 1. The number of furan rings is 1. The zero-order valence-electron chi connectivity index (χ0n) is 18.1. The molecule has 2 aromatic heterocycles. The van der Waals surface area contributed by atoms with Gasteiger partial charge in [0.15, 0.2) is 5.76 Å². The number of benzene rings is 1. The van der Waals surface area contributed by atoms with Crippen LogP contribution >= 0.6 is 0 Å². The minimum Gasteiger partial charge on any atom is -0.462 e. The Bertz CT molecular complexity index is 1300. The van der Waals surface area contributed by atoms with Crippen molar-refractivity contribution >= 4 is 34.4 Å². The van der Waals surface area contributed by atoms with Gasteiger partial charge in [0, 0.05) is 38.6 Å². The third-order valence-electron chi connectivity index (χ3n) is 5.62. The lowest BCUT2D eigenvalue weighted by atomic mass is 10.1. The van der Waals surface area contributed by atoms with Gasteiger partial charge in [-0.25, -0.2) is 4.79 Å². The van der Waals surface area contributed by atoms with E-state index in [1.54, 1.807) is 20.0 Å². The van der Waals surface area contributed by atoms with Gasteiger partial charge in [0.25, 0.3) is 11.5 Å². The Kier molecular flexibility index (Phi) is 5.86. The number of ether oxygens (including phenoxy) is 1. The number of rotatable bonds is 5. The molecule has 1 aliphatic rings. The molecule has 0 N–H and O–H groups in total. The van der Waals surface area contributed by atoms with Crippen LogP contribution in [0.5, 0.6) is 0 Å². The van der Waals surface area contributed by atoms with Crippen molar-refractivity contribution in [1.29, 1.82) is 0 Å². The molecule has 11 heteroatoms. The summed E-state index contributed by atoms with van der Waals surface area (Å²) in [5.74, 6) is -1.76. The molecule has 0 spiro atoms. The quantitative estimate of drug-likeness (QED) is 0.326. The fourth-order valence-electron chi connectivity index (χ4n) is 4.02. The lowest BCUT2D eigenvalue weighted by Crippen LogP contribution is -2.49. The topological polar surface area (TPSA) is 128 Å². The number of carbonyl (C=O) groups excluding carboxylic acids is 2. The monoisotopic (exact) mass is 454 g/mol. The Morgan fingerprint density at radius 3 is 2.45 bits per heavy atom. The molecular formula is C22H22N4O7. The van der Waals surface area contributed by atoms with Crippen LogP contribution in [-0.4, -0.2) is 59.1 Å². The maximum absolute atomic E-state index is 13.1. The van der Waals surface area contributed by atoms with Gasteiger partial charge in [-0.3, -0.25) is 19.7 Å². The van der Waals surface area contributed by atoms with Crippen molar-refractivity contribution in [3.8, 4) is 0 Å². The van der Waals surface area contributed by atoms with E-state index < -0.39 is 28.2 Å². The Hall–Kier alpha value is -4.15. The Balaban J connectivity index is 1.66. The van der Waals surface area contributed by atoms with Crippen molar-refractivity contribution < 1.29 is 23.7 Å². The minimum atomic E-state index is -0.702. The fraction of sp³-hybridized carbons (Fsp3) is 0.318. The lowest BCUT2D eigenvalue weighted by molar-refractivity contribution is -0.402. The molecule has 0 aliphatic carbocycles. The molecule has 0 bridgehead atoms. The smallest absolute Gasteiger partial charge is 0.433 e. The highest BCUT2D eigenvalue weighted by atomic mass is 16.6. The second-order valence-corrected chi connectivity index (χ2v) is 7.50. The van der Waals surface area contributed by atoms with Crippen LogP contribution in [-0.2, 0) is 11.8 Å². The van der Waals surface area contributed by atoms with Crippen LogP contribution in [0.15, 0.2) is 45.6 Å². The summed E-state index contributed by atoms with van der Waals surface area (Å²) in [5, 5.41) is 11.5. The van der Waals surface area contributed by atoms with Crippen LogP contribution < -0.4 is 10.5 Å². The molecule has 1 saturated heterocycles. The first-order chi connectivity index (χ1) is 15.8. The van der Waals surface area contributed by atoms with Gasteiger partial charge in [-0.15, -0.1) is 0 Å². The van der Waals surface area contributed by atoms with Crippen LogP contribution in [0.4, 0.5) is 11.6 Å². The number of aromatic nitrogens is 1. The first-order valence-corrected chi connectivity index (χ1v) is 10.4. The van der Waals surface area contributed by atoms with Crippen LogP contribution in [0.2, 0.25) is 0 Å². The predicted molar refractivity (Wildman–Crippen MR) is 119 cm³/mol. The van der Waals surface area contributed by atoms with Crippen molar-refractivity contribution in [3.05, 3.63) is 68.2 Å². The van der Waals surface area contributed by atoms with Crippen LogP contribution in [0, 0.1) is 10.1 Å². The van der Waals surface area contributed by atoms with E-state index >= 15 is 0 Å². The number of nitrogens with zero attached hydrogens (tertiary/aromatic N) is 4. The zero-order chi connectivity index (χ0) is 23.7. The van der Waals surface area contributed by atoms with Crippen molar-refractivity contribution in [2.45, 2.75) is 6.92 Å². The number of anilines is 1. The molecule has 3 aromatic rings. The number of hydrogen-bond donors (Lipinski definition) is 0. The Morgan fingerprint density at radius 1 is 1.12 bits per heavy atom. The van der Waals surface area contributed by atoms with Gasteiger partial charge in [0.2, 0.25) is 0 Å². The summed E-state index contributed by atoms with van der Waals surface area (Å²) in [5.41, 5.74) is 0.655. The third-order valence-corrected chi connectivity index (χ3v) is 5.62. The highest BCUT2D eigenvalue weighted by Crippen LogP contribution is 2.30.